The van der Waals surface area contributed by atoms with Crippen molar-refractivity contribution in [1.29, 1.82) is 0 Å². The normalized spacial score (nSPS) is 22.0. The predicted octanol–water partition coefficient (Wildman–Crippen LogP) is 2.13. The van der Waals surface area contributed by atoms with Gasteiger partial charge in [-0.05, 0) is 62.6 Å². The lowest BCUT2D eigenvalue weighted by molar-refractivity contribution is -0.140. The molecule has 0 spiro atoms. The molecule has 6 heteroatoms. The number of hydrogen-bond acceptors (Lipinski definition) is 4. The smallest absolute Gasteiger partial charge is 0.317 e. The van der Waals surface area contributed by atoms with Crippen LogP contribution in [0, 0.1) is 19.8 Å². The third kappa shape index (κ3) is 5.21. The molecule has 2 fully saturated rings. The molecule has 0 aliphatic heterocycles. The zero-order valence-electron chi connectivity index (χ0n) is 15.5. The number of carbonyl (C=O) groups is 2. The van der Waals surface area contributed by atoms with Crippen LogP contribution >= 0.6 is 0 Å². The Morgan fingerprint density at radius 1 is 1.27 bits per heavy atom. The minimum absolute atomic E-state index is 0.00632. The Hall–Kier alpha value is -2.08. The fourth-order valence-electron chi connectivity index (χ4n) is 3.43. The fourth-order valence-corrected chi connectivity index (χ4v) is 3.43. The molecule has 6 nitrogen and oxygen atoms in total. The van der Waals surface area contributed by atoms with Crippen molar-refractivity contribution in [2.45, 2.75) is 51.6 Å². The molecule has 0 bridgehead atoms. The van der Waals surface area contributed by atoms with E-state index in [0.29, 0.717) is 5.92 Å². The molecule has 1 aromatic carbocycles. The minimum Gasteiger partial charge on any atom is -0.483 e. The molecule has 0 heterocycles. The van der Waals surface area contributed by atoms with Crippen molar-refractivity contribution in [3.63, 3.8) is 0 Å². The second-order valence-corrected chi connectivity index (χ2v) is 7.71. The number of benzene rings is 1. The Bertz CT molecular complexity index is 666. The third-order valence-corrected chi connectivity index (χ3v) is 5.23. The molecule has 0 saturated heterocycles. The molecule has 142 valence electrons. The molecule has 1 amide bonds. The number of hydrogen-bond donors (Lipinski definition) is 2. The summed E-state index contributed by atoms with van der Waals surface area (Å²) in [6.45, 7) is 4.92. The van der Waals surface area contributed by atoms with Gasteiger partial charge in [-0.3, -0.25) is 14.5 Å². The topological polar surface area (TPSA) is 78.9 Å². The monoisotopic (exact) mass is 360 g/mol. The van der Waals surface area contributed by atoms with Gasteiger partial charge in [0.15, 0.2) is 6.61 Å². The van der Waals surface area contributed by atoms with E-state index in [0.717, 1.165) is 36.3 Å². The Kier molecular flexibility index (Phi) is 5.81. The number of carboxylic acids is 1. The van der Waals surface area contributed by atoms with Gasteiger partial charge in [0.1, 0.15) is 5.75 Å². The molecular formula is C20H28N2O4. The number of carbonyl (C=O) groups excluding carboxylic acids is 1. The summed E-state index contributed by atoms with van der Waals surface area (Å²) in [5, 5.41) is 12.1. The SMILES string of the molecule is Cc1ccc(C)c(OCC(=O)NC2CC(N(CC(=O)O)CC3CC3)C2)c1. The zero-order valence-corrected chi connectivity index (χ0v) is 15.5. The lowest BCUT2D eigenvalue weighted by atomic mass is 9.85. The van der Waals surface area contributed by atoms with Crippen LogP contribution in [0.3, 0.4) is 0 Å². The summed E-state index contributed by atoms with van der Waals surface area (Å²) in [5.74, 6) is 0.499. The van der Waals surface area contributed by atoms with Crippen molar-refractivity contribution < 1.29 is 19.4 Å². The molecule has 0 unspecified atom stereocenters. The first kappa shape index (κ1) is 18.7. The van der Waals surface area contributed by atoms with Gasteiger partial charge in [0.2, 0.25) is 0 Å². The standard InChI is InChI=1S/C20H28N2O4/c1-13-3-4-14(2)18(7-13)26-12-19(23)21-16-8-17(9-16)22(11-20(24)25)10-15-5-6-15/h3-4,7,15-17H,5-6,8-12H2,1-2H3,(H,21,23)(H,24,25). The van der Waals surface area contributed by atoms with Gasteiger partial charge in [0, 0.05) is 18.6 Å². The first-order valence-electron chi connectivity index (χ1n) is 9.36. The average molecular weight is 360 g/mol. The number of carboxylic acid groups (broad SMARTS) is 1. The molecule has 2 aliphatic rings. The van der Waals surface area contributed by atoms with Gasteiger partial charge in [0.25, 0.3) is 5.91 Å². The summed E-state index contributed by atoms with van der Waals surface area (Å²) < 4.78 is 5.64. The first-order valence-corrected chi connectivity index (χ1v) is 9.36. The van der Waals surface area contributed by atoms with Crippen LogP contribution in [-0.4, -0.2) is 53.7 Å². The predicted molar refractivity (Wildman–Crippen MR) is 98.3 cm³/mol. The summed E-state index contributed by atoms with van der Waals surface area (Å²) in [6, 6.07) is 6.31. The highest BCUT2D eigenvalue weighted by atomic mass is 16.5. The first-order chi connectivity index (χ1) is 12.4. The number of nitrogens with zero attached hydrogens (tertiary/aromatic N) is 1. The maximum atomic E-state index is 12.1. The van der Waals surface area contributed by atoms with Gasteiger partial charge >= 0.3 is 5.97 Å². The highest BCUT2D eigenvalue weighted by molar-refractivity contribution is 5.78. The van der Waals surface area contributed by atoms with E-state index >= 15 is 0 Å². The lowest BCUT2D eigenvalue weighted by Crippen LogP contribution is -2.55. The summed E-state index contributed by atoms with van der Waals surface area (Å²) in [4.78, 5) is 25.2. The number of aryl methyl sites for hydroxylation is 2. The molecule has 3 rings (SSSR count). The number of rotatable bonds is 9. The molecule has 2 saturated carbocycles. The van der Waals surface area contributed by atoms with E-state index in [-0.39, 0.29) is 31.1 Å². The summed E-state index contributed by atoms with van der Waals surface area (Å²) in [5.41, 5.74) is 2.11. The maximum absolute atomic E-state index is 12.1. The molecule has 2 aliphatic carbocycles. The van der Waals surface area contributed by atoms with Crippen molar-refractivity contribution in [2.75, 3.05) is 19.7 Å². The van der Waals surface area contributed by atoms with Gasteiger partial charge in [-0.1, -0.05) is 12.1 Å². The van der Waals surface area contributed by atoms with Crippen LogP contribution in [0.4, 0.5) is 0 Å². The Labute approximate surface area is 154 Å². The zero-order chi connectivity index (χ0) is 18.7. The van der Waals surface area contributed by atoms with E-state index in [4.69, 9.17) is 9.84 Å². The van der Waals surface area contributed by atoms with Crippen molar-refractivity contribution in [3.05, 3.63) is 29.3 Å². The van der Waals surface area contributed by atoms with Crippen molar-refractivity contribution >= 4 is 11.9 Å². The van der Waals surface area contributed by atoms with Gasteiger partial charge < -0.3 is 15.2 Å². The van der Waals surface area contributed by atoms with E-state index in [2.05, 4.69) is 10.2 Å². The number of ether oxygens (including phenoxy) is 1. The van der Waals surface area contributed by atoms with Crippen molar-refractivity contribution in [1.82, 2.24) is 10.2 Å². The van der Waals surface area contributed by atoms with Gasteiger partial charge in [0.05, 0.1) is 6.54 Å². The van der Waals surface area contributed by atoms with E-state index < -0.39 is 5.97 Å². The third-order valence-electron chi connectivity index (χ3n) is 5.23. The van der Waals surface area contributed by atoms with Gasteiger partial charge in [-0.25, -0.2) is 0 Å². The van der Waals surface area contributed by atoms with Crippen molar-refractivity contribution in [3.8, 4) is 5.75 Å². The molecule has 1 aromatic rings. The Balaban J connectivity index is 1.40. The molecule has 0 radical (unpaired) electrons. The van der Waals surface area contributed by atoms with E-state index in [9.17, 15) is 9.59 Å². The van der Waals surface area contributed by atoms with Crippen LogP contribution < -0.4 is 10.1 Å². The highest BCUT2D eigenvalue weighted by Crippen LogP contribution is 2.33. The van der Waals surface area contributed by atoms with Gasteiger partial charge in [-0.2, -0.15) is 0 Å². The lowest BCUT2D eigenvalue weighted by Gasteiger charge is -2.42. The van der Waals surface area contributed by atoms with Crippen molar-refractivity contribution in [2.24, 2.45) is 5.92 Å². The van der Waals surface area contributed by atoms with E-state index in [1.165, 1.54) is 12.8 Å². The molecule has 0 atom stereocenters. The van der Waals surface area contributed by atoms with Crippen LogP contribution in [0.25, 0.3) is 0 Å². The van der Waals surface area contributed by atoms with E-state index in [1.54, 1.807) is 0 Å². The number of aliphatic carboxylic acids is 1. The highest BCUT2D eigenvalue weighted by Gasteiger charge is 2.37. The molecule has 0 aromatic heterocycles. The van der Waals surface area contributed by atoms with Crippen LogP contribution in [0.2, 0.25) is 0 Å². The summed E-state index contributed by atoms with van der Waals surface area (Å²) >= 11 is 0. The average Bonchev–Trinajstić information content (AvgIpc) is 3.34. The second-order valence-electron chi connectivity index (χ2n) is 7.71. The Morgan fingerprint density at radius 3 is 2.65 bits per heavy atom. The van der Waals surface area contributed by atoms with Crippen LogP contribution in [0.1, 0.15) is 36.8 Å². The molecular weight excluding hydrogens is 332 g/mol. The molecule has 2 N–H and O–H groups in total. The van der Waals surface area contributed by atoms with E-state index in [1.807, 2.05) is 32.0 Å². The summed E-state index contributed by atoms with van der Waals surface area (Å²) in [6.07, 6.45) is 4.04. The quantitative estimate of drug-likeness (QED) is 0.705. The number of nitrogens with one attached hydrogen (secondary N) is 1. The van der Waals surface area contributed by atoms with Crippen LogP contribution in [0.15, 0.2) is 18.2 Å². The maximum Gasteiger partial charge on any atom is 0.317 e. The fraction of sp³-hybridized carbons (Fsp3) is 0.600. The minimum atomic E-state index is -0.778. The van der Waals surface area contributed by atoms with Crippen LogP contribution in [0.5, 0.6) is 5.75 Å². The van der Waals surface area contributed by atoms with Crippen LogP contribution in [-0.2, 0) is 9.59 Å². The second kappa shape index (κ2) is 8.08. The summed E-state index contributed by atoms with van der Waals surface area (Å²) in [7, 11) is 0. The van der Waals surface area contributed by atoms with Gasteiger partial charge in [-0.15, -0.1) is 0 Å². The number of amides is 1. The Morgan fingerprint density at radius 2 is 2.00 bits per heavy atom. The molecule has 26 heavy (non-hydrogen) atoms. The largest absolute Gasteiger partial charge is 0.483 e.